The number of nitrogens with one attached hydrogen (secondary N) is 2. The summed E-state index contributed by atoms with van der Waals surface area (Å²) in [4.78, 5) is 25.3. The first-order valence-corrected chi connectivity index (χ1v) is 8.88. The van der Waals surface area contributed by atoms with Crippen LogP contribution in [0.4, 0.5) is 4.79 Å². The van der Waals surface area contributed by atoms with Gasteiger partial charge in [-0.05, 0) is 56.8 Å². The van der Waals surface area contributed by atoms with Gasteiger partial charge in [-0.25, -0.2) is 9.59 Å². The maximum Gasteiger partial charge on any atom is 0.335 e. The Bertz CT molecular complexity index is 788. The van der Waals surface area contributed by atoms with E-state index >= 15 is 0 Å². The van der Waals surface area contributed by atoms with Crippen molar-refractivity contribution in [1.29, 1.82) is 0 Å². The van der Waals surface area contributed by atoms with E-state index in [-0.39, 0.29) is 23.7 Å². The third-order valence-electron chi connectivity index (χ3n) is 4.55. The van der Waals surface area contributed by atoms with Crippen LogP contribution in [0.2, 0.25) is 0 Å². The third kappa shape index (κ3) is 5.56. The molecule has 0 bridgehead atoms. The molecule has 2 amide bonds. The molecule has 0 aromatic heterocycles. The number of aromatic carboxylic acids is 1. The summed E-state index contributed by atoms with van der Waals surface area (Å²) >= 11 is 0. The fourth-order valence-electron chi connectivity index (χ4n) is 3.20. The van der Waals surface area contributed by atoms with Crippen LogP contribution in [0.15, 0.2) is 48.5 Å². The van der Waals surface area contributed by atoms with Gasteiger partial charge >= 0.3 is 12.0 Å². The molecule has 27 heavy (non-hydrogen) atoms. The van der Waals surface area contributed by atoms with Gasteiger partial charge in [-0.3, -0.25) is 0 Å². The van der Waals surface area contributed by atoms with Gasteiger partial charge in [0.25, 0.3) is 0 Å². The summed E-state index contributed by atoms with van der Waals surface area (Å²) in [7, 11) is 3.99. The number of carboxylic acid groups (broad SMARTS) is 1. The van der Waals surface area contributed by atoms with Gasteiger partial charge in [0.15, 0.2) is 0 Å². The normalized spacial score (nSPS) is 13.1. The lowest BCUT2D eigenvalue weighted by molar-refractivity contribution is 0.0697. The Kier molecular flexibility index (Phi) is 6.96. The largest absolute Gasteiger partial charge is 0.478 e. The molecule has 2 atom stereocenters. The van der Waals surface area contributed by atoms with Crippen molar-refractivity contribution in [3.05, 3.63) is 70.8 Å². The molecule has 0 spiro atoms. The Labute approximate surface area is 160 Å². The Balaban J connectivity index is 1.97. The van der Waals surface area contributed by atoms with E-state index in [2.05, 4.69) is 34.6 Å². The van der Waals surface area contributed by atoms with Crippen LogP contribution in [0.25, 0.3) is 0 Å². The van der Waals surface area contributed by atoms with Gasteiger partial charge in [0, 0.05) is 12.6 Å². The lowest BCUT2D eigenvalue weighted by Gasteiger charge is -2.32. The molecular formula is C21H27N3O3. The monoisotopic (exact) mass is 369 g/mol. The zero-order chi connectivity index (χ0) is 20.0. The van der Waals surface area contributed by atoms with E-state index in [1.165, 1.54) is 23.3 Å². The van der Waals surface area contributed by atoms with Gasteiger partial charge in [0.05, 0.1) is 11.6 Å². The molecule has 0 aliphatic rings. The molecule has 2 aromatic carbocycles. The van der Waals surface area contributed by atoms with Crippen molar-refractivity contribution in [2.45, 2.75) is 32.5 Å². The summed E-state index contributed by atoms with van der Waals surface area (Å²) in [5.41, 5.74) is 3.43. The van der Waals surface area contributed by atoms with Crippen LogP contribution in [0, 0.1) is 6.92 Å². The highest BCUT2D eigenvalue weighted by molar-refractivity contribution is 5.87. The van der Waals surface area contributed by atoms with E-state index in [1.54, 1.807) is 12.1 Å². The van der Waals surface area contributed by atoms with Crippen LogP contribution in [0.5, 0.6) is 0 Å². The molecule has 0 saturated heterocycles. The Morgan fingerprint density at radius 2 is 1.70 bits per heavy atom. The second-order valence-corrected chi connectivity index (χ2v) is 6.88. The van der Waals surface area contributed by atoms with Crippen LogP contribution < -0.4 is 10.6 Å². The number of carbonyl (C=O) groups is 2. The van der Waals surface area contributed by atoms with Crippen LogP contribution in [0.1, 0.15) is 40.0 Å². The first-order valence-electron chi connectivity index (χ1n) is 8.88. The van der Waals surface area contributed by atoms with Gasteiger partial charge < -0.3 is 20.6 Å². The standard InChI is InChI=1S/C21H27N3O3/c1-14-7-5-6-8-18(14)19(24(3)4)15(2)23-21(27)22-13-16-9-11-17(12-10-16)20(25)26/h5-12,15,19H,13H2,1-4H3,(H,25,26)(H2,22,23,27). The van der Waals surface area contributed by atoms with Gasteiger partial charge in [-0.1, -0.05) is 36.4 Å². The number of carboxylic acids is 1. The Morgan fingerprint density at radius 3 is 2.26 bits per heavy atom. The molecule has 144 valence electrons. The molecule has 0 aliphatic carbocycles. The van der Waals surface area contributed by atoms with Gasteiger partial charge in [0.1, 0.15) is 0 Å². The van der Waals surface area contributed by atoms with Crippen LogP contribution >= 0.6 is 0 Å². The fourth-order valence-corrected chi connectivity index (χ4v) is 3.20. The van der Waals surface area contributed by atoms with E-state index in [9.17, 15) is 9.59 Å². The van der Waals surface area contributed by atoms with Crippen molar-refractivity contribution >= 4 is 12.0 Å². The molecular weight excluding hydrogens is 342 g/mol. The van der Waals surface area contributed by atoms with Crippen molar-refractivity contribution in [3.63, 3.8) is 0 Å². The van der Waals surface area contributed by atoms with E-state index < -0.39 is 5.97 Å². The average molecular weight is 369 g/mol. The molecule has 6 heteroatoms. The topological polar surface area (TPSA) is 81.7 Å². The lowest BCUT2D eigenvalue weighted by atomic mass is 9.95. The number of hydrogen-bond acceptors (Lipinski definition) is 3. The summed E-state index contributed by atoms with van der Waals surface area (Å²) in [5, 5.41) is 14.7. The molecule has 0 radical (unpaired) electrons. The molecule has 2 rings (SSSR count). The van der Waals surface area contributed by atoms with Crippen molar-refractivity contribution in [2.75, 3.05) is 14.1 Å². The first-order chi connectivity index (χ1) is 12.8. The molecule has 0 heterocycles. The molecule has 0 fully saturated rings. The van der Waals surface area contributed by atoms with Gasteiger partial charge in [0.2, 0.25) is 0 Å². The van der Waals surface area contributed by atoms with E-state index in [1.807, 2.05) is 33.2 Å². The maximum atomic E-state index is 12.3. The molecule has 0 aliphatic heterocycles. The lowest BCUT2D eigenvalue weighted by Crippen LogP contribution is -2.46. The summed E-state index contributed by atoms with van der Waals surface area (Å²) in [6, 6.07) is 14.3. The summed E-state index contributed by atoms with van der Waals surface area (Å²) in [5.74, 6) is -0.966. The molecule has 0 saturated carbocycles. The minimum absolute atomic E-state index is 0.0480. The van der Waals surface area contributed by atoms with Crippen LogP contribution in [0.3, 0.4) is 0 Å². The molecule has 3 N–H and O–H groups in total. The minimum atomic E-state index is -0.966. The van der Waals surface area contributed by atoms with Crippen molar-refractivity contribution in [3.8, 4) is 0 Å². The molecule has 2 unspecified atom stereocenters. The Hall–Kier alpha value is -2.86. The summed E-state index contributed by atoms with van der Waals surface area (Å²) < 4.78 is 0. The Morgan fingerprint density at radius 1 is 1.07 bits per heavy atom. The first kappa shape index (κ1) is 20.5. The number of rotatable bonds is 7. The summed E-state index contributed by atoms with van der Waals surface area (Å²) in [6.45, 7) is 4.38. The highest BCUT2D eigenvalue weighted by Crippen LogP contribution is 2.25. The van der Waals surface area contributed by atoms with Crippen LogP contribution in [-0.2, 0) is 6.54 Å². The second kappa shape index (κ2) is 9.19. The third-order valence-corrected chi connectivity index (χ3v) is 4.55. The second-order valence-electron chi connectivity index (χ2n) is 6.88. The number of benzene rings is 2. The number of likely N-dealkylation sites (N-methyl/N-ethyl adjacent to an activating group) is 1. The predicted molar refractivity (Wildman–Crippen MR) is 106 cm³/mol. The SMILES string of the molecule is Cc1ccccc1C(C(C)NC(=O)NCc1ccc(C(=O)O)cc1)N(C)C. The predicted octanol–water partition coefficient (Wildman–Crippen LogP) is 3.18. The van der Waals surface area contributed by atoms with Gasteiger partial charge in [-0.15, -0.1) is 0 Å². The molecule has 2 aromatic rings. The minimum Gasteiger partial charge on any atom is -0.478 e. The van der Waals surface area contributed by atoms with Crippen molar-refractivity contribution < 1.29 is 14.7 Å². The number of nitrogens with zero attached hydrogens (tertiary/aromatic N) is 1. The summed E-state index contributed by atoms with van der Waals surface area (Å²) in [6.07, 6.45) is 0. The zero-order valence-corrected chi connectivity index (χ0v) is 16.2. The van der Waals surface area contributed by atoms with Gasteiger partial charge in [-0.2, -0.15) is 0 Å². The average Bonchev–Trinajstić information content (AvgIpc) is 2.62. The fraction of sp³-hybridized carbons (Fsp3) is 0.333. The zero-order valence-electron chi connectivity index (χ0n) is 16.2. The number of carbonyl (C=O) groups excluding carboxylic acids is 1. The highest BCUT2D eigenvalue weighted by atomic mass is 16.4. The number of aryl methyl sites for hydroxylation is 1. The van der Waals surface area contributed by atoms with E-state index in [0.29, 0.717) is 6.54 Å². The number of hydrogen-bond donors (Lipinski definition) is 3. The van der Waals surface area contributed by atoms with Crippen LogP contribution in [-0.4, -0.2) is 42.1 Å². The van der Waals surface area contributed by atoms with E-state index in [0.717, 1.165) is 5.56 Å². The smallest absolute Gasteiger partial charge is 0.335 e. The molecule has 6 nitrogen and oxygen atoms in total. The van der Waals surface area contributed by atoms with Crippen molar-refractivity contribution in [2.24, 2.45) is 0 Å². The quantitative estimate of drug-likeness (QED) is 0.700. The highest BCUT2D eigenvalue weighted by Gasteiger charge is 2.24. The van der Waals surface area contributed by atoms with E-state index in [4.69, 9.17) is 5.11 Å². The number of amides is 2. The maximum absolute atomic E-state index is 12.3. The number of urea groups is 1. The van der Waals surface area contributed by atoms with Crippen molar-refractivity contribution in [1.82, 2.24) is 15.5 Å².